The van der Waals surface area contributed by atoms with Crippen molar-refractivity contribution in [2.45, 2.75) is 19.6 Å². The van der Waals surface area contributed by atoms with Crippen molar-refractivity contribution in [2.24, 2.45) is 0 Å². The molecule has 2 aromatic carbocycles. The Bertz CT molecular complexity index is 570. The maximum Gasteiger partial charge on any atom is 0.132 e. The molecule has 1 N–H and O–H groups in total. The number of aliphatic hydroxyl groups is 1. The summed E-state index contributed by atoms with van der Waals surface area (Å²) in [4.78, 5) is 0. The van der Waals surface area contributed by atoms with E-state index in [0.29, 0.717) is 12.4 Å². The topological polar surface area (TPSA) is 29.5 Å². The third-order valence-corrected chi connectivity index (χ3v) is 3.21. The summed E-state index contributed by atoms with van der Waals surface area (Å²) in [5, 5.41) is 9.35. The van der Waals surface area contributed by atoms with Crippen LogP contribution in [0.1, 0.15) is 24.2 Å². The summed E-state index contributed by atoms with van der Waals surface area (Å²) < 4.78 is 20.1. The van der Waals surface area contributed by atoms with Crippen LogP contribution in [0.5, 0.6) is 5.75 Å². The van der Waals surface area contributed by atoms with Crippen LogP contribution < -0.4 is 4.74 Å². The van der Waals surface area contributed by atoms with Gasteiger partial charge in [-0.25, -0.2) is 4.39 Å². The van der Waals surface area contributed by atoms with E-state index in [1.165, 1.54) is 19.1 Å². The first kappa shape index (κ1) is 14.0. The Morgan fingerprint density at radius 1 is 1.26 bits per heavy atom. The normalized spacial score (nSPS) is 12.2. The molecule has 0 bridgehead atoms. The first-order chi connectivity index (χ1) is 9.06. The van der Waals surface area contributed by atoms with Gasteiger partial charge in [-0.2, -0.15) is 0 Å². The van der Waals surface area contributed by atoms with Crippen LogP contribution in [-0.2, 0) is 6.61 Å². The zero-order valence-electron chi connectivity index (χ0n) is 10.4. The number of aliphatic hydroxyl groups excluding tert-OH is 1. The smallest absolute Gasteiger partial charge is 0.132 e. The first-order valence-corrected chi connectivity index (χ1v) is 6.70. The van der Waals surface area contributed by atoms with Gasteiger partial charge in [0.05, 0.1) is 6.10 Å². The van der Waals surface area contributed by atoms with Gasteiger partial charge in [0.15, 0.2) is 0 Å². The lowest BCUT2D eigenvalue weighted by Crippen LogP contribution is -1.99. The monoisotopic (exact) mass is 324 g/mol. The second-order valence-electron chi connectivity index (χ2n) is 4.28. The van der Waals surface area contributed by atoms with Crippen LogP contribution in [0.4, 0.5) is 4.39 Å². The van der Waals surface area contributed by atoms with E-state index < -0.39 is 11.9 Å². The van der Waals surface area contributed by atoms with Crippen molar-refractivity contribution < 1.29 is 14.2 Å². The van der Waals surface area contributed by atoms with E-state index in [4.69, 9.17) is 4.74 Å². The summed E-state index contributed by atoms with van der Waals surface area (Å²) >= 11 is 3.38. The molecular formula is C15H14BrFO2. The molecule has 2 aromatic rings. The lowest BCUT2D eigenvalue weighted by Gasteiger charge is -2.10. The van der Waals surface area contributed by atoms with E-state index in [1.54, 1.807) is 6.07 Å². The molecule has 0 spiro atoms. The summed E-state index contributed by atoms with van der Waals surface area (Å²) in [5.41, 5.74) is 1.27. The number of benzene rings is 2. The molecule has 2 nitrogen and oxygen atoms in total. The van der Waals surface area contributed by atoms with E-state index >= 15 is 0 Å². The van der Waals surface area contributed by atoms with Gasteiger partial charge in [-0.1, -0.05) is 28.1 Å². The molecule has 100 valence electrons. The molecule has 0 aromatic heterocycles. The molecule has 1 atom stereocenters. The van der Waals surface area contributed by atoms with Crippen molar-refractivity contribution in [1.29, 1.82) is 0 Å². The van der Waals surface area contributed by atoms with Crippen LogP contribution >= 0.6 is 15.9 Å². The molecule has 0 saturated heterocycles. The second-order valence-corrected chi connectivity index (χ2v) is 5.19. The molecular weight excluding hydrogens is 311 g/mol. The third kappa shape index (κ3) is 3.78. The summed E-state index contributed by atoms with van der Waals surface area (Å²) in [6.07, 6.45) is -0.820. The average Bonchev–Trinajstić information content (AvgIpc) is 2.36. The standard InChI is InChI=1S/C15H14BrFO2/c1-10(18)14-6-5-13(8-15(14)17)19-9-11-3-2-4-12(16)7-11/h2-8,10,18H,9H2,1H3. The summed E-state index contributed by atoms with van der Waals surface area (Å²) in [5.74, 6) is -0.0105. The Hall–Kier alpha value is -1.39. The van der Waals surface area contributed by atoms with Crippen LogP contribution in [0.25, 0.3) is 0 Å². The minimum Gasteiger partial charge on any atom is -0.489 e. The number of halogens is 2. The zero-order chi connectivity index (χ0) is 13.8. The third-order valence-electron chi connectivity index (χ3n) is 2.72. The van der Waals surface area contributed by atoms with Crippen molar-refractivity contribution in [2.75, 3.05) is 0 Å². The fraction of sp³-hybridized carbons (Fsp3) is 0.200. The van der Waals surface area contributed by atoms with Crippen LogP contribution in [0.2, 0.25) is 0 Å². The van der Waals surface area contributed by atoms with E-state index in [-0.39, 0.29) is 5.56 Å². The Balaban J connectivity index is 2.06. The number of hydrogen-bond donors (Lipinski definition) is 1. The minimum absolute atomic E-state index is 0.273. The zero-order valence-corrected chi connectivity index (χ0v) is 12.0. The van der Waals surface area contributed by atoms with Crippen LogP contribution in [0, 0.1) is 5.82 Å². The summed E-state index contributed by atoms with van der Waals surface area (Å²) in [7, 11) is 0. The second kappa shape index (κ2) is 6.17. The highest BCUT2D eigenvalue weighted by atomic mass is 79.9. The van der Waals surface area contributed by atoms with Gasteiger partial charge in [-0.05, 0) is 36.8 Å². The highest BCUT2D eigenvalue weighted by Crippen LogP contribution is 2.22. The quantitative estimate of drug-likeness (QED) is 0.912. The summed E-state index contributed by atoms with van der Waals surface area (Å²) in [6, 6.07) is 12.2. The molecule has 0 aliphatic carbocycles. The average molecular weight is 325 g/mol. The Morgan fingerprint density at radius 3 is 2.68 bits per heavy atom. The molecule has 1 unspecified atom stereocenters. The Kier molecular flexibility index (Phi) is 4.56. The lowest BCUT2D eigenvalue weighted by molar-refractivity contribution is 0.194. The van der Waals surface area contributed by atoms with Gasteiger partial charge in [0.25, 0.3) is 0 Å². The lowest BCUT2D eigenvalue weighted by atomic mass is 10.1. The highest BCUT2D eigenvalue weighted by Gasteiger charge is 2.09. The fourth-order valence-electron chi connectivity index (χ4n) is 1.73. The largest absolute Gasteiger partial charge is 0.489 e. The molecule has 0 amide bonds. The van der Waals surface area contributed by atoms with Gasteiger partial charge < -0.3 is 9.84 Å². The highest BCUT2D eigenvalue weighted by molar-refractivity contribution is 9.10. The van der Waals surface area contributed by atoms with Gasteiger partial charge >= 0.3 is 0 Å². The van der Waals surface area contributed by atoms with E-state index in [2.05, 4.69) is 15.9 Å². The molecule has 0 aliphatic heterocycles. The van der Waals surface area contributed by atoms with Crippen molar-refractivity contribution in [3.63, 3.8) is 0 Å². The SMILES string of the molecule is CC(O)c1ccc(OCc2cccc(Br)c2)cc1F. The molecule has 0 radical (unpaired) electrons. The summed E-state index contributed by atoms with van der Waals surface area (Å²) in [6.45, 7) is 1.90. The molecule has 0 heterocycles. The first-order valence-electron chi connectivity index (χ1n) is 5.91. The molecule has 19 heavy (non-hydrogen) atoms. The van der Waals surface area contributed by atoms with Gasteiger partial charge in [-0.15, -0.1) is 0 Å². The van der Waals surface area contributed by atoms with Crippen LogP contribution in [0.15, 0.2) is 46.9 Å². The number of hydrogen-bond acceptors (Lipinski definition) is 2. The molecule has 0 aliphatic rings. The molecule has 0 saturated carbocycles. The van der Waals surface area contributed by atoms with Gasteiger partial charge in [0.2, 0.25) is 0 Å². The van der Waals surface area contributed by atoms with Crippen molar-refractivity contribution in [3.05, 3.63) is 63.9 Å². The van der Waals surface area contributed by atoms with Crippen molar-refractivity contribution >= 4 is 15.9 Å². The van der Waals surface area contributed by atoms with E-state index in [9.17, 15) is 9.50 Å². The van der Waals surface area contributed by atoms with Gasteiger partial charge in [0.1, 0.15) is 18.2 Å². The molecule has 4 heteroatoms. The van der Waals surface area contributed by atoms with Gasteiger partial charge in [0, 0.05) is 16.1 Å². The predicted molar refractivity (Wildman–Crippen MR) is 75.5 cm³/mol. The van der Waals surface area contributed by atoms with Crippen LogP contribution in [0.3, 0.4) is 0 Å². The minimum atomic E-state index is -0.820. The number of ether oxygens (including phenoxy) is 1. The Labute approximate surface area is 120 Å². The number of rotatable bonds is 4. The molecule has 0 fully saturated rings. The van der Waals surface area contributed by atoms with E-state index in [1.807, 2.05) is 24.3 Å². The maximum atomic E-state index is 13.6. The van der Waals surface area contributed by atoms with Crippen LogP contribution in [-0.4, -0.2) is 5.11 Å². The van der Waals surface area contributed by atoms with E-state index in [0.717, 1.165) is 10.0 Å². The van der Waals surface area contributed by atoms with Crippen molar-refractivity contribution in [3.8, 4) is 5.75 Å². The maximum absolute atomic E-state index is 13.6. The molecule has 2 rings (SSSR count). The predicted octanol–water partition coefficient (Wildman–Crippen LogP) is 4.22. The van der Waals surface area contributed by atoms with Gasteiger partial charge in [-0.3, -0.25) is 0 Å². The fourth-order valence-corrected chi connectivity index (χ4v) is 2.18. The Morgan fingerprint density at radius 2 is 2.05 bits per heavy atom. The van der Waals surface area contributed by atoms with Crippen molar-refractivity contribution in [1.82, 2.24) is 0 Å².